The number of aliphatic hydroxyl groups excluding tert-OH is 1. The van der Waals surface area contributed by atoms with E-state index in [9.17, 15) is 5.11 Å². The Morgan fingerprint density at radius 3 is 2.00 bits per heavy atom. The Morgan fingerprint density at radius 2 is 1.60 bits per heavy atom. The van der Waals surface area contributed by atoms with Gasteiger partial charge in [0.15, 0.2) is 0 Å². The minimum absolute atomic E-state index is 0.489. The summed E-state index contributed by atoms with van der Waals surface area (Å²) in [4.78, 5) is 0. The summed E-state index contributed by atoms with van der Waals surface area (Å²) in [5, 5.41) is 15.0. The van der Waals surface area contributed by atoms with Gasteiger partial charge in [-0.25, -0.2) is 0 Å². The lowest BCUT2D eigenvalue weighted by Crippen LogP contribution is -2.09. The summed E-state index contributed by atoms with van der Waals surface area (Å²) in [5.41, 5.74) is 7.33. The second-order valence-electron chi connectivity index (χ2n) is 5.30. The molecule has 1 nitrogen and oxygen atoms in total. The maximum Gasteiger partial charge on any atom is 0.106 e. The number of hydrogen-bond acceptors (Lipinski definition) is 2. The van der Waals surface area contributed by atoms with Gasteiger partial charge in [-0.1, -0.05) is 32.9 Å². The molecule has 0 radical (unpaired) electrons. The molecule has 0 aliphatic heterocycles. The highest BCUT2D eigenvalue weighted by atomic mass is 32.1. The zero-order valence-electron chi connectivity index (χ0n) is 12.9. The van der Waals surface area contributed by atoms with Crippen LogP contribution in [-0.2, 0) is 19.3 Å². The Hall–Kier alpha value is -1.12. The number of rotatable bonds is 5. The van der Waals surface area contributed by atoms with E-state index in [1.165, 1.54) is 22.3 Å². The average molecular weight is 288 g/mol. The molecule has 1 N–H and O–H groups in total. The van der Waals surface area contributed by atoms with Crippen molar-refractivity contribution in [2.75, 3.05) is 0 Å². The third-order valence-electron chi connectivity index (χ3n) is 4.04. The van der Waals surface area contributed by atoms with Crippen molar-refractivity contribution in [3.05, 3.63) is 56.3 Å². The fraction of sp³-hybridized carbons (Fsp3) is 0.444. The van der Waals surface area contributed by atoms with Crippen molar-refractivity contribution < 1.29 is 5.11 Å². The Bertz CT molecular complexity index is 558. The van der Waals surface area contributed by atoms with E-state index in [2.05, 4.69) is 50.6 Å². The molecular formula is C18H24OS. The number of aryl methyl sites for hydroxylation is 4. The van der Waals surface area contributed by atoms with Crippen molar-refractivity contribution in [2.24, 2.45) is 0 Å². The molecule has 1 unspecified atom stereocenters. The molecular weight excluding hydrogens is 264 g/mol. The Morgan fingerprint density at radius 1 is 1.00 bits per heavy atom. The van der Waals surface area contributed by atoms with Crippen LogP contribution in [0.15, 0.2) is 22.9 Å². The Labute approximate surface area is 126 Å². The lowest BCUT2D eigenvalue weighted by Gasteiger charge is -2.20. The number of benzene rings is 1. The summed E-state index contributed by atoms with van der Waals surface area (Å²) in [5.74, 6) is 0. The van der Waals surface area contributed by atoms with Crippen LogP contribution >= 0.6 is 11.3 Å². The number of aliphatic hydroxyl groups is 1. The van der Waals surface area contributed by atoms with Crippen LogP contribution in [0.5, 0.6) is 0 Å². The van der Waals surface area contributed by atoms with Gasteiger partial charge in [0.25, 0.3) is 0 Å². The summed E-state index contributed by atoms with van der Waals surface area (Å²) in [6, 6.07) is 4.53. The first-order chi connectivity index (χ1) is 9.62. The molecule has 20 heavy (non-hydrogen) atoms. The molecule has 1 aromatic heterocycles. The molecule has 0 amide bonds. The molecule has 2 heteroatoms. The van der Waals surface area contributed by atoms with Crippen LogP contribution in [0.3, 0.4) is 0 Å². The van der Waals surface area contributed by atoms with E-state index >= 15 is 0 Å². The minimum Gasteiger partial charge on any atom is -0.384 e. The molecule has 0 fully saturated rings. The van der Waals surface area contributed by atoms with E-state index in [0.717, 1.165) is 30.4 Å². The standard InChI is InChI=1S/C18H24OS/c1-5-13-8-14(6-2)17(15(7-3)9-13)18(19)16-11-20-10-12(16)4/h8-11,18-19H,5-7H2,1-4H3. The van der Waals surface area contributed by atoms with E-state index in [4.69, 9.17) is 0 Å². The lowest BCUT2D eigenvalue weighted by atomic mass is 9.88. The zero-order chi connectivity index (χ0) is 14.7. The monoisotopic (exact) mass is 288 g/mol. The van der Waals surface area contributed by atoms with Gasteiger partial charge in [0.05, 0.1) is 0 Å². The highest BCUT2D eigenvalue weighted by Gasteiger charge is 2.20. The molecule has 1 aromatic carbocycles. The van der Waals surface area contributed by atoms with Gasteiger partial charge in [-0.2, -0.15) is 11.3 Å². The third kappa shape index (κ3) is 2.82. The van der Waals surface area contributed by atoms with Crippen molar-refractivity contribution >= 4 is 11.3 Å². The summed E-state index contributed by atoms with van der Waals surface area (Å²) >= 11 is 1.66. The fourth-order valence-electron chi connectivity index (χ4n) is 2.80. The summed E-state index contributed by atoms with van der Waals surface area (Å²) in [6.07, 6.45) is 2.50. The smallest absolute Gasteiger partial charge is 0.106 e. The molecule has 1 heterocycles. The maximum absolute atomic E-state index is 10.9. The number of hydrogen-bond donors (Lipinski definition) is 1. The van der Waals surface area contributed by atoms with Crippen LogP contribution < -0.4 is 0 Å². The largest absolute Gasteiger partial charge is 0.384 e. The third-order valence-corrected chi connectivity index (χ3v) is 4.92. The lowest BCUT2D eigenvalue weighted by molar-refractivity contribution is 0.218. The van der Waals surface area contributed by atoms with Gasteiger partial charge >= 0.3 is 0 Å². The van der Waals surface area contributed by atoms with Gasteiger partial charge < -0.3 is 5.11 Å². The SMILES string of the molecule is CCc1cc(CC)c(C(O)c2cscc2C)c(CC)c1. The molecule has 0 aliphatic rings. The topological polar surface area (TPSA) is 20.2 Å². The van der Waals surface area contributed by atoms with Gasteiger partial charge in [0.2, 0.25) is 0 Å². The second kappa shape index (κ2) is 6.55. The predicted octanol–water partition coefficient (Wildman–Crippen LogP) is 4.83. The Balaban J connectivity index is 2.57. The van der Waals surface area contributed by atoms with Crippen molar-refractivity contribution in [3.63, 3.8) is 0 Å². The van der Waals surface area contributed by atoms with E-state index in [0.29, 0.717) is 0 Å². The molecule has 0 spiro atoms. The normalized spacial score (nSPS) is 12.7. The first-order valence-electron chi connectivity index (χ1n) is 7.47. The van der Waals surface area contributed by atoms with Crippen LogP contribution in [0, 0.1) is 6.92 Å². The zero-order valence-corrected chi connectivity index (χ0v) is 13.7. The summed E-state index contributed by atoms with van der Waals surface area (Å²) in [6.45, 7) is 8.61. The molecule has 0 bridgehead atoms. The molecule has 0 aliphatic carbocycles. The molecule has 2 rings (SSSR count). The van der Waals surface area contributed by atoms with Gasteiger partial charge in [0.1, 0.15) is 6.10 Å². The number of thiophene rings is 1. The fourth-order valence-corrected chi connectivity index (χ4v) is 3.67. The van der Waals surface area contributed by atoms with Gasteiger partial charge in [-0.3, -0.25) is 0 Å². The Kier molecular flexibility index (Phi) is 5.00. The van der Waals surface area contributed by atoms with Crippen molar-refractivity contribution in [2.45, 2.75) is 53.1 Å². The molecule has 1 atom stereocenters. The highest BCUT2D eigenvalue weighted by molar-refractivity contribution is 7.08. The van der Waals surface area contributed by atoms with E-state index < -0.39 is 6.10 Å². The van der Waals surface area contributed by atoms with Crippen LogP contribution in [-0.4, -0.2) is 5.11 Å². The first kappa shape index (κ1) is 15.3. The van der Waals surface area contributed by atoms with Crippen LogP contribution in [0.2, 0.25) is 0 Å². The summed E-state index contributed by atoms with van der Waals surface area (Å²) < 4.78 is 0. The van der Waals surface area contributed by atoms with Crippen molar-refractivity contribution in [1.82, 2.24) is 0 Å². The molecule has 0 saturated heterocycles. The first-order valence-corrected chi connectivity index (χ1v) is 8.41. The molecule has 0 saturated carbocycles. The van der Waals surface area contributed by atoms with Gasteiger partial charge in [-0.05, 0) is 70.3 Å². The van der Waals surface area contributed by atoms with Crippen molar-refractivity contribution in [3.8, 4) is 0 Å². The van der Waals surface area contributed by atoms with Gasteiger partial charge in [0, 0.05) is 0 Å². The van der Waals surface area contributed by atoms with Crippen LogP contribution in [0.25, 0.3) is 0 Å². The van der Waals surface area contributed by atoms with E-state index in [1.54, 1.807) is 11.3 Å². The molecule has 2 aromatic rings. The average Bonchev–Trinajstić information content (AvgIpc) is 2.91. The van der Waals surface area contributed by atoms with Crippen LogP contribution in [0.1, 0.15) is 60.3 Å². The second-order valence-corrected chi connectivity index (χ2v) is 6.04. The highest BCUT2D eigenvalue weighted by Crippen LogP contribution is 2.33. The van der Waals surface area contributed by atoms with Gasteiger partial charge in [-0.15, -0.1) is 0 Å². The van der Waals surface area contributed by atoms with E-state index in [1.807, 2.05) is 0 Å². The maximum atomic E-state index is 10.9. The van der Waals surface area contributed by atoms with Crippen LogP contribution in [0.4, 0.5) is 0 Å². The van der Waals surface area contributed by atoms with Crippen molar-refractivity contribution in [1.29, 1.82) is 0 Å². The predicted molar refractivity (Wildman–Crippen MR) is 87.7 cm³/mol. The quantitative estimate of drug-likeness (QED) is 0.836. The summed E-state index contributed by atoms with van der Waals surface area (Å²) in [7, 11) is 0. The van der Waals surface area contributed by atoms with E-state index in [-0.39, 0.29) is 0 Å². The molecule has 108 valence electrons. The minimum atomic E-state index is -0.489.